The van der Waals surface area contributed by atoms with Crippen molar-refractivity contribution in [2.75, 3.05) is 46.2 Å². The first-order valence-electron chi connectivity index (χ1n) is 42.2. The van der Waals surface area contributed by atoms with E-state index in [9.17, 15) is 33.6 Å². The van der Waals surface area contributed by atoms with Gasteiger partial charge in [0.05, 0.1) is 0 Å². The van der Waals surface area contributed by atoms with Gasteiger partial charge in [-0.3, -0.25) is 33.6 Å². The molecule has 9 unspecified atom stereocenters. The molecule has 9 atom stereocenters. The van der Waals surface area contributed by atoms with Gasteiger partial charge in [0, 0.05) is 91.4 Å². The molecule has 0 heterocycles. The lowest BCUT2D eigenvalue weighted by Crippen LogP contribution is -2.50. The number of rotatable bonds is 32. The number of nitrogens with one attached hydrogen (secondary N) is 7. The molecule has 7 N–H and O–H groups in total. The lowest BCUT2D eigenvalue weighted by Gasteiger charge is -2.32. The van der Waals surface area contributed by atoms with E-state index in [-0.39, 0.29) is 128 Å². The van der Waals surface area contributed by atoms with E-state index in [4.69, 9.17) is 33.2 Å². The first-order valence-corrected chi connectivity index (χ1v) is 42.2. The summed E-state index contributed by atoms with van der Waals surface area (Å²) in [6.45, 7) is 79.5. The molecule has 0 aromatic rings. The van der Waals surface area contributed by atoms with Crippen LogP contribution in [0.5, 0.6) is 0 Å². The smallest absolute Gasteiger partial charge is 0.250 e. The van der Waals surface area contributed by atoms with Crippen molar-refractivity contribution >= 4 is 41.4 Å². The predicted molar refractivity (Wildman–Crippen MR) is 454 cm³/mol. The molecule has 110 heavy (non-hydrogen) atoms. The molecule has 4 saturated carbocycles. The van der Waals surface area contributed by atoms with Crippen molar-refractivity contribution < 1.29 is 66.7 Å². The van der Waals surface area contributed by atoms with Crippen molar-refractivity contribution in [2.45, 2.75) is 433 Å². The van der Waals surface area contributed by atoms with Crippen molar-refractivity contribution in [3.63, 3.8) is 0 Å². The maximum Gasteiger partial charge on any atom is 0.250 e. The summed E-state index contributed by atoms with van der Waals surface area (Å²) >= 11 is 0. The average Bonchev–Trinajstić information content (AvgIpc) is 1.60. The van der Waals surface area contributed by atoms with Gasteiger partial charge in [-0.15, -0.1) is 6.58 Å². The zero-order chi connectivity index (χ0) is 86.2. The van der Waals surface area contributed by atoms with Crippen LogP contribution in [0.25, 0.3) is 0 Å². The molecule has 0 saturated heterocycles. The fraction of sp³-hybridized carbons (Fsp3) is 0.899. The second kappa shape index (κ2) is 52.4. The van der Waals surface area contributed by atoms with E-state index in [1.54, 1.807) is 0 Å². The van der Waals surface area contributed by atoms with Crippen LogP contribution in [0, 0.1) is 40.4 Å². The van der Waals surface area contributed by atoms with E-state index in [1.807, 2.05) is 222 Å². The van der Waals surface area contributed by atoms with Gasteiger partial charge >= 0.3 is 0 Å². The molecule has 4 aliphatic carbocycles. The Balaban J connectivity index is -0.00000121. The third kappa shape index (κ3) is 62.2. The van der Waals surface area contributed by atoms with Crippen molar-refractivity contribution in [3.05, 3.63) is 12.2 Å². The Morgan fingerprint density at radius 3 is 0.773 bits per heavy atom. The Kier molecular flexibility index (Phi) is 52.3. The fourth-order valence-electron chi connectivity index (χ4n) is 11.8. The minimum atomic E-state index is -0.410. The summed E-state index contributed by atoms with van der Waals surface area (Å²) in [5, 5.41) is 20.8. The quantitative estimate of drug-likeness (QED) is 0.0309. The molecular formula is C89H175N7O14. The van der Waals surface area contributed by atoms with Gasteiger partial charge in [0.2, 0.25) is 41.4 Å². The molecular weight excluding hydrogens is 1390 g/mol. The van der Waals surface area contributed by atoms with Gasteiger partial charge in [-0.1, -0.05) is 112 Å². The zero-order valence-corrected chi connectivity index (χ0v) is 77.6. The summed E-state index contributed by atoms with van der Waals surface area (Å²) in [7, 11) is 0. The third-order valence-corrected chi connectivity index (χ3v) is 17.0. The Hall–Kier alpha value is -4.25. The van der Waals surface area contributed by atoms with E-state index in [1.165, 1.54) is 64.2 Å². The van der Waals surface area contributed by atoms with Crippen molar-refractivity contribution in [2.24, 2.45) is 40.4 Å². The summed E-state index contributed by atoms with van der Waals surface area (Å²) in [6, 6.07) is 0. The topological polar surface area (TPSA) is 268 Å². The molecule has 0 bridgehead atoms. The minimum absolute atomic E-state index is 0.00993. The monoisotopic (exact) mass is 1570 g/mol. The highest BCUT2D eigenvalue weighted by atomic mass is 16.5. The Bertz CT molecular complexity index is 2530. The van der Waals surface area contributed by atoms with Crippen LogP contribution in [0.3, 0.4) is 0 Å². The molecule has 4 rings (SSSR count). The lowest BCUT2D eigenvalue weighted by molar-refractivity contribution is -0.141. The predicted octanol–water partition coefficient (Wildman–Crippen LogP) is 17.2. The second-order valence-electron chi connectivity index (χ2n) is 40.3. The van der Waals surface area contributed by atoms with E-state index in [0.717, 1.165) is 43.6 Å². The standard InChI is InChI=1S/C14H27NO2.2C13H25NO2.C13H27NO2.C12H23NO2.C12H25NO2.C12H23NO2/c1-5-17-12(10-11-8-6-7-9-11)13(16)15-14(2,3)4;1-6-16-11(8-10-7-9(10)2)12(15)14-13(3,4)5;1-5-16-11(9-10-7-6-8-10)12(15)14-13(2,3)4;1-8-16-10(9-12(2,3)4)11(15)14-13(5,6)7;1-5-15-10(8-9-6-7-9)11(14)13-12(2,3)4;1-8-15-9(11(2,3)4)10(14)13-12(5,6)7;1-7-15-10(8-9(2)3)11(14)13-12(4,5)6/h11-12H,5-10H2,1-4H3,(H,15,16);9-11H,6-8H2,1-5H3,(H,14,15);10-11H,5-9H2,1-4H3,(H,14,15);10H,8-9H2,1-7H3,(H,14,15);9-10H,5-8H2,1-4H3,(H,13,14);9H,8H2,1-7H3,(H,13,14);10H,2,7-8H2,1,3-6H3,(H,13,14). The summed E-state index contributed by atoms with van der Waals surface area (Å²) in [6.07, 6.45) is 15.4. The van der Waals surface area contributed by atoms with Gasteiger partial charge < -0.3 is 70.4 Å². The van der Waals surface area contributed by atoms with Crippen LogP contribution < -0.4 is 37.2 Å². The van der Waals surface area contributed by atoms with Crippen LogP contribution in [-0.2, 0) is 66.7 Å². The zero-order valence-electron chi connectivity index (χ0n) is 77.6. The highest BCUT2D eigenvalue weighted by molar-refractivity contribution is 5.84. The fourth-order valence-corrected chi connectivity index (χ4v) is 11.8. The number of ether oxygens (including phenoxy) is 7. The van der Waals surface area contributed by atoms with Crippen LogP contribution in [0.2, 0.25) is 0 Å². The van der Waals surface area contributed by atoms with Gasteiger partial charge in [0.15, 0.2) is 0 Å². The molecule has 0 radical (unpaired) electrons. The van der Waals surface area contributed by atoms with Crippen molar-refractivity contribution in [3.8, 4) is 0 Å². The number of hydrogen-bond donors (Lipinski definition) is 7. The molecule has 0 spiro atoms. The average molecular weight is 1570 g/mol. The maximum absolute atomic E-state index is 12.1. The van der Waals surface area contributed by atoms with Crippen LogP contribution in [0.1, 0.15) is 352 Å². The summed E-state index contributed by atoms with van der Waals surface area (Å²) in [5.74, 6) is 3.60. The summed E-state index contributed by atoms with van der Waals surface area (Å²) in [4.78, 5) is 83.7. The van der Waals surface area contributed by atoms with E-state index in [0.29, 0.717) is 76.3 Å². The summed E-state index contributed by atoms with van der Waals surface area (Å²) < 4.78 is 38.6. The van der Waals surface area contributed by atoms with Gasteiger partial charge in [-0.25, -0.2) is 0 Å². The van der Waals surface area contributed by atoms with Crippen LogP contribution >= 0.6 is 0 Å². The number of hydrogen-bond acceptors (Lipinski definition) is 14. The molecule has 0 aromatic carbocycles. The van der Waals surface area contributed by atoms with E-state index >= 15 is 0 Å². The van der Waals surface area contributed by atoms with Crippen molar-refractivity contribution in [1.29, 1.82) is 0 Å². The van der Waals surface area contributed by atoms with Gasteiger partial charge in [-0.2, -0.15) is 0 Å². The first-order chi connectivity index (χ1) is 50.0. The van der Waals surface area contributed by atoms with Crippen LogP contribution in [-0.4, -0.2) is 169 Å². The normalized spacial score (nSPS) is 18.1. The molecule has 21 nitrogen and oxygen atoms in total. The number of amides is 7. The molecule has 0 aliphatic heterocycles. The Morgan fingerprint density at radius 2 is 0.555 bits per heavy atom. The number of carbonyl (C=O) groups is 7. The Labute approximate surface area is 674 Å². The maximum atomic E-state index is 12.1. The Morgan fingerprint density at radius 1 is 0.327 bits per heavy atom. The summed E-state index contributed by atoms with van der Waals surface area (Å²) in [5.41, 5.74) is -0.465. The highest BCUT2D eigenvalue weighted by Crippen LogP contribution is 2.42. The molecule has 7 amide bonds. The van der Waals surface area contributed by atoms with E-state index in [2.05, 4.69) is 71.5 Å². The largest absolute Gasteiger partial charge is 0.369 e. The highest BCUT2D eigenvalue weighted by Gasteiger charge is 2.39. The van der Waals surface area contributed by atoms with Crippen molar-refractivity contribution in [1.82, 2.24) is 37.2 Å². The first kappa shape index (κ1) is 110. The second-order valence-corrected chi connectivity index (χ2v) is 40.3. The lowest BCUT2D eigenvalue weighted by atomic mass is 9.81. The molecule has 21 heteroatoms. The van der Waals surface area contributed by atoms with Crippen LogP contribution in [0.4, 0.5) is 0 Å². The molecule has 4 fully saturated rings. The van der Waals surface area contributed by atoms with Gasteiger partial charge in [0.1, 0.15) is 42.7 Å². The number of carbonyl (C=O) groups excluding carboxylic acids is 7. The third-order valence-electron chi connectivity index (χ3n) is 17.0. The molecule has 4 aliphatic rings. The SMILES string of the molecule is C=C(C)CC(OCC)C(=O)NC(C)(C)C.CCOC(C(=O)NC(C)(C)C)C(C)(C)C.CCOC(CC(C)(C)C)C(=O)NC(C)(C)C.CCOC(CC1CC1)C(=O)NC(C)(C)C.CCOC(CC1CC1C)C(=O)NC(C)(C)C.CCOC(CC1CCC1)C(=O)NC(C)(C)C.CCOC(CC1CCCC1)C(=O)NC(C)(C)C. The minimum Gasteiger partial charge on any atom is -0.369 e. The van der Waals surface area contributed by atoms with Gasteiger partial charge in [-0.05, 0) is 280 Å². The van der Waals surface area contributed by atoms with E-state index < -0.39 is 6.10 Å². The van der Waals surface area contributed by atoms with Gasteiger partial charge in [0.25, 0.3) is 0 Å². The van der Waals surface area contributed by atoms with Crippen LogP contribution in [0.15, 0.2) is 12.2 Å². The molecule has 650 valence electrons. The molecule has 0 aromatic heterocycles.